The summed E-state index contributed by atoms with van der Waals surface area (Å²) in [5.74, 6) is 0.169. The Morgan fingerprint density at radius 1 is 0.636 bits per heavy atom. The average molecular weight is 619 g/mol. The number of carbonyl (C=O) groups excluding carboxylic acids is 2. The molecule has 0 amide bonds. The molecule has 0 aliphatic heterocycles. The predicted molar refractivity (Wildman–Crippen MR) is 183 cm³/mol. The number of unbranched alkanes of at least 4 members (excludes halogenated alkanes) is 8. The third kappa shape index (κ3) is 29.9. The molecule has 0 aliphatic carbocycles. The van der Waals surface area contributed by atoms with Crippen LogP contribution in [-0.4, -0.2) is 47.6 Å². The van der Waals surface area contributed by atoms with Gasteiger partial charge in [-0.15, -0.1) is 0 Å². The highest BCUT2D eigenvalue weighted by atomic mass is 16.6. The van der Waals surface area contributed by atoms with E-state index in [-0.39, 0.29) is 37.7 Å². The van der Waals surface area contributed by atoms with Gasteiger partial charge in [-0.25, -0.2) is 0 Å². The minimum atomic E-state index is -0.808. The van der Waals surface area contributed by atoms with Crippen molar-refractivity contribution in [1.82, 2.24) is 0 Å². The van der Waals surface area contributed by atoms with Crippen LogP contribution >= 0.6 is 0 Å². The molecule has 0 saturated carbocycles. The normalized spacial score (nSPS) is 14.2. The number of aliphatic hydroxyl groups excluding tert-OH is 2. The number of rotatable bonds is 30. The van der Waals surface area contributed by atoms with Crippen molar-refractivity contribution in [2.45, 2.75) is 161 Å². The SMILES string of the molecule is CCC(C)CCCCCCCCCCC(=O)OC[C@H](CO)OC(=O)CCC/C=C\C/C=C\C/C=C\C/C=C\CC[C@H](O)CC. The van der Waals surface area contributed by atoms with Crippen LogP contribution in [0, 0.1) is 5.92 Å². The van der Waals surface area contributed by atoms with Crippen LogP contribution < -0.4 is 0 Å². The molecule has 0 saturated heterocycles. The van der Waals surface area contributed by atoms with Gasteiger partial charge in [0.1, 0.15) is 6.61 Å². The molecule has 0 aromatic carbocycles. The second kappa shape index (κ2) is 32.2. The zero-order chi connectivity index (χ0) is 32.5. The molecule has 254 valence electrons. The summed E-state index contributed by atoms with van der Waals surface area (Å²) in [5.41, 5.74) is 0. The fourth-order valence-corrected chi connectivity index (χ4v) is 4.56. The number of hydrogen-bond acceptors (Lipinski definition) is 6. The Balaban J connectivity index is 3.74. The topological polar surface area (TPSA) is 93.1 Å². The number of allylic oxidation sites excluding steroid dienone is 8. The van der Waals surface area contributed by atoms with E-state index in [2.05, 4.69) is 62.5 Å². The number of aliphatic hydroxyl groups is 2. The monoisotopic (exact) mass is 618 g/mol. The van der Waals surface area contributed by atoms with Gasteiger partial charge in [-0.3, -0.25) is 9.59 Å². The summed E-state index contributed by atoms with van der Waals surface area (Å²) >= 11 is 0. The minimum absolute atomic E-state index is 0.0973. The first-order chi connectivity index (χ1) is 21.4. The van der Waals surface area contributed by atoms with Crippen molar-refractivity contribution in [3.63, 3.8) is 0 Å². The van der Waals surface area contributed by atoms with Crippen LogP contribution in [0.15, 0.2) is 48.6 Å². The molecule has 0 spiro atoms. The maximum atomic E-state index is 12.1. The van der Waals surface area contributed by atoms with Crippen molar-refractivity contribution < 1.29 is 29.3 Å². The summed E-state index contributed by atoms with van der Waals surface area (Å²) in [6.45, 7) is 6.13. The molecule has 6 heteroatoms. The van der Waals surface area contributed by atoms with Crippen LogP contribution in [0.4, 0.5) is 0 Å². The first-order valence-corrected chi connectivity index (χ1v) is 17.7. The number of carbonyl (C=O) groups is 2. The summed E-state index contributed by atoms with van der Waals surface area (Å²) in [7, 11) is 0. The van der Waals surface area contributed by atoms with E-state index >= 15 is 0 Å². The lowest BCUT2D eigenvalue weighted by Crippen LogP contribution is -2.28. The van der Waals surface area contributed by atoms with E-state index in [9.17, 15) is 19.8 Å². The molecule has 6 nitrogen and oxygen atoms in total. The van der Waals surface area contributed by atoms with Crippen molar-refractivity contribution in [3.05, 3.63) is 48.6 Å². The van der Waals surface area contributed by atoms with Gasteiger partial charge in [0.05, 0.1) is 12.7 Å². The predicted octanol–water partition coefficient (Wildman–Crippen LogP) is 9.50. The lowest BCUT2D eigenvalue weighted by atomic mass is 9.99. The molecule has 0 radical (unpaired) electrons. The molecule has 0 bridgehead atoms. The Hall–Kier alpha value is -2.18. The van der Waals surface area contributed by atoms with Crippen LogP contribution in [0.1, 0.15) is 149 Å². The average Bonchev–Trinajstić information content (AvgIpc) is 3.03. The van der Waals surface area contributed by atoms with E-state index in [1.165, 1.54) is 44.9 Å². The van der Waals surface area contributed by atoms with E-state index in [1.807, 2.05) is 6.92 Å². The Morgan fingerprint density at radius 3 is 1.73 bits per heavy atom. The number of ether oxygens (including phenoxy) is 2. The van der Waals surface area contributed by atoms with Crippen LogP contribution in [0.2, 0.25) is 0 Å². The van der Waals surface area contributed by atoms with Gasteiger partial charge in [0, 0.05) is 12.8 Å². The van der Waals surface area contributed by atoms with E-state index < -0.39 is 6.10 Å². The van der Waals surface area contributed by atoms with Crippen LogP contribution in [-0.2, 0) is 19.1 Å². The molecular weight excluding hydrogens is 552 g/mol. The van der Waals surface area contributed by atoms with Gasteiger partial charge < -0.3 is 19.7 Å². The lowest BCUT2D eigenvalue weighted by Gasteiger charge is -2.15. The Labute approximate surface area is 270 Å². The van der Waals surface area contributed by atoms with Gasteiger partial charge in [0.25, 0.3) is 0 Å². The third-order valence-corrected chi connectivity index (χ3v) is 7.83. The van der Waals surface area contributed by atoms with Crippen molar-refractivity contribution in [3.8, 4) is 0 Å². The van der Waals surface area contributed by atoms with Crippen molar-refractivity contribution >= 4 is 11.9 Å². The maximum Gasteiger partial charge on any atom is 0.306 e. The van der Waals surface area contributed by atoms with Crippen molar-refractivity contribution in [2.75, 3.05) is 13.2 Å². The first kappa shape index (κ1) is 41.8. The van der Waals surface area contributed by atoms with Crippen LogP contribution in [0.5, 0.6) is 0 Å². The van der Waals surface area contributed by atoms with Gasteiger partial charge in [-0.1, -0.05) is 127 Å². The summed E-state index contributed by atoms with van der Waals surface area (Å²) in [4.78, 5) is 24.1. The molecule has 2 N–H and O–H groups in total. The highest BCUT2D eigenvalue weighted by Gasteiger charge is 2.16. The molecular formula is C38H66O6. The quantitative estimate of drug-likeness (QED) is 0.0473. The summed E-state index contributed by atoms with van der Waals surface area (Å²) in [6.07, 6.45) is 35.4. The zero-order valence-electron chi connectivity index (χ0n) is 28.4. The zero-order valence-corrected chi connectivity index (χ0v) is 28.4. The van der Waals surface area contributed by atoms with Gasteiger partial charge in [0.15, 0.2) is 6.10 Å². The van der Waals surface area contributed by atoms with E-state index in [1.54, 1.807) is 0 Å². The molecule has 0 heterocycles. The molecule has 0 aromatic rings. The number of esters is 2. The largest absolute Gasteiger partial charge is 0.462 e. The first-order valence-electron chi connectivity index (χ1n) is 17.7. The van der Waals surface area contributed by atoms with Gasteiger partial charge in [-0.05, 0) is 63.7 Å². The second-order valence-electron chi connectivity index (χ2n) is 12.0. The molecule has 3 atom stereocenters. The van der Waals surface area contributed by atoms with E-state index in [0.717, 1.165) is 70.1 Å². The molecule has 0 aromatic heterocycles. The highest BCUT2D eigenvalue weighted by Crippen LogP contribution is 2.15. The smallest absolute Gasteiger partial charge is 0.306 e. The Morgan fingerprint density at radius 2 is 1.16 bits per heavy atom. The summed E-state index contributed by atoms with van der Waals surface area (Å²) in [6, 6.07) is 0. The van der Waals surface area contributed by atoms with Crippen LogP contribution in [0.3, 0.4) is 0 Å². The van der Waals surface area contributed by atoms with Gasteiger partial charge in [0.2, 0.25) is 0 Å². The summed E-state index contributed by atoms with van der Waals surface area (Å²) < 4.78 is 10.5. The lowest BCUT2D eigenvalue weighted by molar-refractivity contribution is -0.161. The molecule has 1 unspecified atom stereocenters. The Kier molecular flexibility index (Phi) is 30.6. The highest BCUT2D eigenvalue weighted by molar-refractivity contribution is 5.70. The van der Waals surface area contributed by atoms with Gasteiger partial charge in [-0.2, -0.15) is 0 Å². The van der Waals surface area contributed by atoms with E-state index in [0.29, 0.717) is 12.8 Å². The molecule has 0 rings (SSSR count). The fourth-order valence-electron chi connectivity index (χ4n) is 4.56. The minimum Gasteiger partial charge on any atom is -0.462 e. The molecule has 0 fully saturated rings. The molecule has 44 heavy (non-hydrogen) atoms. The van der Waals surface area contributed by atoms with E-state index in [4.69, 9.17) is 9.47 Å². The fraction of sp³-hybridized carbons (Fsp3) is 0.737. The standard InChI is InChI=1S/C38H66O6/c1-4-34(3)28-24-20-16-14-15-18-22-26-30-37(41)43-33-36(32-39)44-38(42)31-27-23-19-13-11-9-7-6-8-10-12-17-21-25-29-35(40)5-2/h7-10,13,17,19,21,34-36,39-40H,4-6,11-12,14-16,18,20,22-33H2,1-3H3/b9-7-,10-8-,19-13-,21-17-/t34?,35-,36+/m1/s1. The van der Waals surface area contributed by atoms with Crippen molar-refractivity contribution in [1.29, 1.82) is 0 Å². The van der Waals surface area contributed by atoms with Crippen molar-refractivity contribution in [2.24, 2.45) is 5.92 Å². The maximum absolute atomic E-state index is 12.1. The second-order valence-corrected chi connectivity index (χ2v) is 12.0. The molecule has 0 aliphatic rings. The Bertz CT molecular complexity index is 784. The van der Waals surface area contributed by atoms with Crippen LogP contribution in [0.25, 0.3) is 0 Å². The number of hydrogen-bond donors (Lipinski definition) is 2. The summed E-state index contributed by atoms with van der Waals surface area (Å²) in [5, 5.41) is 19.0. The third-order valence-electron chi connectivity index (χ3n) is 7.83. The van der Waals surface area contributed by atoms with Gasteiger partial charge >= 0.3 is 11.9 Å².